The lowest BCUT2D eigenvalue weighted by Gasteiger charge is -2.13. The Labute approximate surface area is 165 Å². The van der Waals surface area contributed by atoms with Crippen LogP contribution in [0, 0.1) is 5.82 Å². The number of carbonyl (C=O) groups is 3. The number of hydrogen-bond donors (Lipinski definition) is 3. The van der Waals surface area contributed by atoms with Crippen LogP contribution in [0.1, 0.15) is 30.6 Å². The summed E-state index contributed by atoms with van der Waals surface area (Å²) in [4.78, 5) is 36.6. The van der Waals surface area contributed by atoms with Crippen molar-refractivity contribution in [2.24, 2.45) is 0 Å². The third-order valence-electron chi connectivity index (χ3n) is 3.91. The van der Waals surface area contributed by atoms with E-state index in [1.165, 1.54) is 24.3 Å². The molecule has 1 atom stereocenters. The van der Waals surface area contributed by atoms with Gasteiger partial charge < -0.3 is 20.5 Å². The van der Waals surface area contributed by atoms with Gasteiger partial charge in [0, 0.05) is 10.9 Å². The van der Waals surface area contributed by atoms with Crippen molar-refractivity contribution >= 4 is 34.1 Å². The number of thiophene rings is 1. The molecule has 0 spiro atoms. The Morgan fingerprint density at radius 3 is 2.43 bits per heavy atom. The van der Waals surface area contributed by atoms with Gasteiger partial charge in [0.25, 0.3) is 0 Å². The standard InChI is InChI=1S/C19H21FN2O5S/c1-3-13(9-23)21-16(24)17(25)22-18-15(19(26)27-4-2)14(10-28-18)11-5-7-12(20)8-6-11/h5-8,10,13,23H,3-4,9H2,1-2H3,(H,21,24)(H,22,25)/t13-/m0/s1. The molecule has 0 aliphatic carbocycles. The van der Waals surface area contributed by atoms with Crippen LogP contribution in [-0.4, -0.2) is 42.1 Å². The second-order valence-corrected chi connectivity index (χ2v) is 6.68. The molecule has 1 aromatic heterocycles. The predicted octanol–water partition coefficient (Wildman–Crippen LogP) is 2.56. The molecule has 2 aromatic rings. The van der Waals surface area contributed by atoms with E-state index in [9.17, 15) is 18.8 Å². The number of hydrogen-bond acceptors (Lipinski definition) is 6. The first-order chi connectivity index (χ1) is 13.4. The Morgan fingerprint density at radius 2 is 1.86 bits per heavy atom. The Morgan fingerprint density at radius 1 is 1.18 bits per heavy atom. The van der Waals surface area contributed by atoms with E-state index in [1.54, 1.807) is 19.2 Å². The molecule has 0 aliphatic heterocycles. The van der Waals surface area contributed by atoms with Gasteiger partial charge in [0.05, 0.1) is 19.3 Å². The van der Waals surface area contributed by atoms with Crippen LogP contribution in [0.25, 0.3) is 11.1 Å². The van der Waals surface area contributed by atoms with E-state index < -0.39 is 29.6 Å². The van der Waals surface area contributed by atoms with E-state index in [0.717, 1.165) is 11.3 Å². The number of aliphatic hydroxyl groups is 1. The van der Waals surface area contributed by atoms with Gasteiger partial charge in [-0.2, -0.15) is 0 Å². The summed E-state index contributed by atoms with van der Waals surface area (Å²) in [7, 11) is 0. The summed E-state index contributed by atoms with van der Waals surface area (Å²) in [5, 5.41) is 15.7. The maximum atomic E-state index is 13.2. The number of ether oxygens (including phenoxy) is 1. The fraction of sp³-hybridized carbons (Fsp3) is 0.316. The zero-order valence-corrected chi connectivity index (χ0v) is 16.3. The highest BCUT2D eigenvalue weighted by atomic mass is 32.1. The Hall–Kier alpha value is -2.78. The van der Waals surface area contributed by atoms with E-state index >= 15 is 0 Å². The van der Waals surface area contributed by atoms with Gasteiger partial charge in [0.2, 0.25) is 0 Å². The fourth-order valence-electron chi connectivity index (χ4n) is 2.39. The molecule has 2 rings (SSSR count). The van der Waals surface area contributed by atoms with Crippen LogP contribution in [-0.2, 0) is 14.3 Å². The molecular formula is C19H21FN2O5S. The van der Waals surface area contributed by atoms with Gasteiger partial charge in [-0.05, 0) is 31.0 Å². The predicted molar refractivity (Wildman–Crippen MR) is 104 cm³/mol. The van der Waals surface area contributed by atoms with Crippen molar-refractivity contribution in [3.8, 4) is 11.1 Å². The largest absolute Gasteiger partial charge is 0.462 e. The highest BCUT2D eigenvalue weighted by Crippen LogP contribution is 2.36. The van der Waals surface area contributed by atoms with Crippen molar-refractivity contribution < 1.29 is 28.6 Å². The highest BCUT2D eigenvalue weighted by molar-refractivity contribution is 7.15. The molecule has 7 nitrogen and oxygen atoms in total. The number of halogens is 1. The monoisotopic (exact) mass is 408 g/mol. The van der Waals surface area contributed by atoms with Crippen LogP contribution in [0.5, 0.6) is 0 Å². The maximum absolute atomic E-state index is 13.2. The van der Waals surface area contributed by atoms with E-state index in [0.29, 0.717) is 17.5 Å². The summed E-state index contributed by atoms with van der Waals surface area (Å²) >= 11 is 1.05. The molecule has 2 amide bonds. The van der Waals surface area contributed by atoms with E-state index in [2.05, 4.69) is 10.6 Å². The summed E-state index contributed by atoms with van der Waals surface area (Å²) in [6.45, 7) is 3.23. The number of amides is 2. The number of rotatable bonds is 7. The molecule has 0 unspecified atom stereocenters. The number of aliphatic hydroxyl groups excluding tert-OH is 1. The fourth-order valence-corrected chi connectivity index (χ4v) is 3.34. The second-order valence-electron chi connectivity index (χ2n) is 5.80. The lowest BCUT2D eigenvalue weighted by Crippen LogP contribution is -2.43. The smallest absolute Gasteiger partial charge is 0.341 e. The van der Waals surface area contributed by atoms with Crippen LogP contribution >= 0.6 is 11.3 Å². The Bertz CT molecular complexity index is 847. The molecule has 0 saturated carbocycles. The summed E-state index contributed by atoms with van der Waals surface area (Å²) in [5.74, 6) is -2.98. The molecule has 1 heterocycles. The minimum atomic E-state index is -0.968. The molecule has 0 radical (unpaired) electrons. The van der Waals surface area contributed by atoms with Crippen molar-refractivity contribution in [3.63, 3.8) is 0 Å². The molecular weight excluding hydrogens is 387 g/mol. The van der Waals surface area contributed by atoms with E-state index in [-0.39, 0.29) is 23.8 Å². The topological polar surface area (TPSA) is 105 Å². The third kappa shape index (κ3) is 5.14. The van der Waals surface area contributed by atoms with Crippen LogP contribution < -0.4 is 10.6 Å². The number of benzene rings is 1. The zero-order valence-electron chi connectivity index (χ0n) is 15.5. The minimum absolute atomic E-state index is 0.0915. The average molecular weight is 408 g/mol. The summed E-state index contributed by atoms with van der Waals surface area (Å²) in [5.41, 5.74) is 1.12. The number of carbonyl (C=O) groups excluding carboxylic acids is 3. The van der Waals surface area contributed by atoms with Crippen LogP contribution in [0.2, 0.25) is 0 Å². The lowest BCUT2D eigenvalue weighted by molar-refractivity contribution is -0.136. The number of anilines is 1. The van der Waals surface area contributed by atoms with Gasteiger partial charge >= 0.3 is 17.8 Å². The maximum Gasteiger partial charge on any atom is 0.341 e. The Balaban J connectivity index is 2.31. The molecule has 1 aromatic carbocycles. The van der Waals surface area contributed by atoms with Crippen molar-refractivity contribution in [1.82, 2.24) is 5.32 Å². The third-order valence-corrected chi connectivity index (χ3v) is 4.80. The number of nitrogens with one attached hydrogen (secondary N) is 2. The number of esters is 1. The van der Waals surface area contributed by atoms with Gasteiger partial charge in [0.15, 0.2) is 0 Å². The van der Waals surface area contributed by atoms with E-state index in [4.69, 9.17) is 9.84 Å². The molecule has 0 fully saturated rings. The first kappa shape index (κ1) is 21.5. The van der Waals surface area contributed by atoms with Crippen LogP contribution in [0.15, 0.2) is 29.6 Å². The van der Waals surface area contributed by atoms with Gasteiger partial charge in [0.1, 0.15) is 16.4 Å². The van der Waals surface area contributed by atoms with Crippen LogP contribution in [0.3, 0.4) is 0 Å². The van der Waals surface area contributed by atoms with Gasteiger partial charge in [-0.15, -0.1) is 11.3 Å². The molecule has 150 valence electrons. The van der Waals surface area contributed by atoms with Crippen molar-refractivity contribution in [2.45, 2.75) is 26.3 Å². The molecule has 9 heteroatoms. The van der Waals surface area contributed by atoms with Gasteiger partial charge in [-0.3, -0.25) is 9.59 Å². The van der Waals surface area contributed by atoms with Crippen molar-refractivity contribution in [3.05, 3.63) is 41.0 Å². The molecule has 0 saturated heterocycles. The molecule has 0 bridgehead atoms. The Kier molecular flexibility index (Phi) is 7.65. The zero-order chi connectivity index (χ0) is 20.7. The van der Waals surface area contributed by atoms with Crippen LogP contribution in [0.4, 0.5) is 9.39 Å². The summed E-state index contributed by atoms with van der Waals surface area (Å²) in [6, 6.07) is 4.98. The molecule has 0 aliphatic rings. The lowest BCUT2D eigenvalue weighted by atomic mass is 10.0. The van der Waals surface area contributed by atoms with Gasteiger partial charge in [-0.25, -0.2) is 9.18 Å². The molecule has 28 heavy (non-hydrogen) atoms. The first-order valence-electron chi connectivity index (χ1n) is 8.68. The van der Waals surface area contributed by atoms with Gasteiger partial charge in [-0.1, -0.05) is 19.1 Å². The highest BCUT2D eigenvalue weighted by Gasteiger charge is 2.25. The molecule has 3 N–H and O–H groups in total. The average Bonchev–Trinajstić information content (AvgIpc) is 3.10. The first-order valence-corrected chi connectivity index (χ1v) is 9.56. The SMILES string of the molecule is CCOC(=O)c1c(-c2ccc(F)cc2)csc1NC(=O)C(=O)N[C@@H](CC)CO. The summed E-state index contributed by atoms with van der Waals surface area (Å²) < 4.78 is 18.3. The minimum Gasteiger partial charge on any atom is -0.462 e. The van der Waals surface area contributed by atoms with Crippen molar-refractivity contribution in [2.75, 3.05) is 18.5 Å². The normalized spacial score (nSPS) is 11.6. The second kappa shape index (κ2) is 9.95. The van der Waals surface area contributed by atoms with E-state index in [1.807, 2.05) is 0 Å². The summed E-state index contributed by atoms with van der Waals surface area (Å²) in [6.07, 6.45) is 0.456. The quantitative estimate of drug-likeness (QED) is 0.482. The van der Waals surface area contributed by atoms with Crippen molar-refractivity contribution in [1.29, 1.82) is 0 Å².